The van der Waals surface area contributed by atoms with E-state index in [4.69, 9.17) is 4.52 Å². The second-order valence-electron chi connectivity index (χ2n) is 3.83. The number of hydrogen-bond donors (Lipinski definition) is 1. The molecule has 1 heterocycles. The summed E-state index contributed by atoms with van der Waals surface area (Å²) in [6.07, 6.45) is 0.665. The molecule has 0 spiro atoms. The molecule has 0 amide bonds. The summed E-state index contributed by atoms with van der Waals surface area (Å²) >= 11 is 0. The first-order chi connectivity index (χ1) is 8.20. The highest BCUT2D eigenvalue weighted by Crippen LogP contribution is 2.18. The standard InChI is InChI=1S/C12H14FN3O/c1-8-3-4-9(7-10(8)13)12-15-11(17-16-12)5-6-14-2/h3-4,7,14H,5-6H2,1-2H3. The second kappa shape index (κ2) is 5.05. The number of halogens is 1. The smallest absolute Gasteiger partial charge is 0.228 e. The Balaban J connectivity index is 2.21. The number of likely N-dealkylation sites (N-methyl/N-ethyl adjacent to an activating group) is 1. The third-order valence-electron chi connectivity index (χ3n) is 2.49. The lowest BCUT2D eigenvalue weighted by atomic mass is 10.1. The van der Waals surface area contributed by atoms with Crippen LogP contribution in [0.5, 0.6) is 0 Å². The molecular formula is C12H14FN3O. The molecule has 2 aromatic rings. The van der Waals surface area contributed by atoms with Gasteiger partial charge in [0.1, 0.15) is 5.82 Å². The first-order valence-corrected chi connectivity index (χ1v) is 5.44. The Morgan fingerprint density at radius 3 is 2.94 bits per heavy atom. The van der Waals surface area contributed by atoms with Gasteiger partial charge < -0.3 is 9.84 Å². The average Bonchev–Trinajstić information content (AvgIpc) is 2.79. The molecule has 0 saturated heterocycles. The van der Waals surface area contributed by atoms with Crippen molar-refractivity contribution in [2.24, 2.45) is 0 Å². The fourth-order valence-electron chi connectivity index (χ4n) is 1.44. The van der Waals surface area contributed by atoms with Crippen LogP contribution >= 0.6 is 0 Å². The molecule has 17 heavy (non-hydrogen) atoms. The quantitative estimate of drug-likeness (QED) is 0.880. The van der Waals surface area contributed by atoms with Crippen molar-refractivity contribution in [2.45, 2.75) is 13.3 Å². The Labute approximate surface area is 98.8 Å². The molecule has 0 aliphatic heterocycles. The van der Waals surface area contributed by atoms with Crippen molar-refractivity contribution >= 4 is 0 Å². The maximum atomic E-state index is 13.4. The van der Waals surface area contributed by atoms with Crippen LogP contribution in [0.4, 0.5) is 4.39 Å². The largest absolute Gasteiger partial charge is 0.339 e. The van der Waals surface area contributed by atoms with Crippen LogP contribution in [0.25, 0.3) is 11.4 Å². The molecule has 1 N–H and O–H groups in total. The third kappa shape index (κ3) is 2.68. The van der Waals surface area contributed by atoms with Crippen molar-refractivity contribution in [3.8, 4) is 11.4 Å². The van der Waals surface area contributed by atoms with Gasteiger partial charge in [0.25, 0.3) is 0 Å². The highest BCUT2D eigenvalue weighted by atomic mass is 19.1. The first-order valence-electron chi connectivity index (χ1n) is 5.44. The number of hydrogen-bond acceptors (Lipinski definition) is 4. The van der Waals surface area contributed by atoms with Gasteiger partial charge >= 0.3 is 0 Å². The second-order valence-corrected chi connectivity index (χ2v) is 3.83. The number of nitrogens with one attached hydrogen (secondary N) is 1. The highest BCUT2D eigenvalue weighted by molar-refractivity contribution is 5.54. The number of benzene rings is 1. The van der Waals surface area contributed by atoms with Crippen molar-refractivity contribution in [1.82, 2.24) is 15.5 Å². The Morgan fingerprint density at radius 2 is 2.24 bits per heavy atom. The normalized spacial score (nSPS) is 10.8. The summed E-state index contributed by atoms with van der Waals surface area (Å²) in [6.45, 7) is 2.48. The van der Waals surface area contributed by atoms with Crippen molar-refractivity contribution < 1.29 is 8.91 Å². The summed E-state index contributed by atoms with van der Waals surface area (Å²) in [5.74, 6) is 0.717. The Kier molecular flexibility index (Phi) is 3.49. The number of aryl methyl sites for hydroxylation is 1. The fraction of sp³-hybridized carbons (Fsp3) is 0.333. The molecule has 0 bridgehead atoms. The predicted octanol–water partition coefficient (Wildman–Crippen LogP) is 1.95. The van der Waals surface area contributed by atoms with E-state index in [2.05, 4.69) is 15.5 Å². The zero-order valence-electron chi connectivity index (χ0n) is 9.83. The van der Waals surface area contributed by atoms with E-state index in [1.165, 1.54) is 6.07 Å². The molecule has 2 rings (SSSR count). The molecule has 0 unspecified atom stereocenters. The molecule has 1 aromatic carbocycles. The molecule has 0 radical (unpaired) electrons. The van der Waals surface area contributed by atoms with Crippen LogP contribution in [0.3, 0.4) is 0 Å². The van der Waals surface area contributed by atoms with E-state index in [-0.39, 0.29) is 5.82 Å². The summed E-state index contributed by atoms with van der Waals surface area (Å²) < 4.78 is 18.4. The van der Waals surface area contributed by atoms with Crippen LogP contribution < -0.4 is 5.32 Å². The van der Waals surface area contributed by atoms with E-state index in [1.54, 1.807) is 19.1 Å². The van der Waals surface area contributed by atoms with E-state index in [0.29, 0.717) is 29.3 Å². The van der Waals surface area contributed by atoms with Gasteiger partial charge in [0.15, 0.2) is 0 Å². The van der Waals surface area contributed by atoms with Crippen molar-refractivity contribution in [1.29, 1.82) is 0 Å². The molecule has 4 nitrogen and oxygen atoms in total. The highest BCUT2D eigenvalue weighted by Gasteiger charge is 2.09. The zero-order valence-corrected chi connectivity index (χ0v) is 9.83. The van der Waals surface area contributed by atoms with Gasteiger partial charge in [-0.1, -0.05) is 17.3 Å². The van der Waals surface area contributed by atoms with E-state index in [1.807, 2.05) is 7.05 Å². The summed E-state index contributed by atoms with van der Waals surface area (Å²) in [5.41, 5.74) is 1.24. The molecule has 1 aromatic heterocycles. The van der Waals surface area contributed by atoms with Crippen molar-refractivity contribution in [3.05, 3.63) is 35.5 Å². The number of nitrogens with zero attached hydrogens (tertiary/aromatic N) is 2. The summed E-state index contributed by atoms with van der Waals surface area (Å²) in [5, 5.41) is 6.82. The van der Waals surface area contributed by atoms with Gasteiger partial charge in [0.05, 0.1) is 0 Å². The fourth-order valence-corrected chi connectivity index (χ4v) is 1.44. The maximum Gasteiger partial charge on any atom is 0.228 e. The average molecular weight is 235 g/mol. The third-order valence-corrected chi connectivity index (χ3v) is 2.49. The number of aromatic nitrogens is 2. The minimum absolute atomic E-state index is 0.260. The summed E-state index contributed by atoms with van der Waals surface area (Å²) in [4.78, 5) is 4.20. The maximum absolute atomic E-state index is 13.4. The van der Waals surface area contributed by atoms with E-state index < -0.39 is 0 Å². The van der Waals surface area contributed by atoms with Gasteiger partial charge in [-0.2, -0.15) is 4.98 Å². The van der Waals surface area contributed by atoms with Gasteiger partial charge in [0, 0.05) is 18.5 Å². The van der Waals surface area contributed by atoms with Gasteiger partial charge in [0.2, 0.25) is 11.7 Å². The number of rotatable bonds is 4. The van der Waals surface area contributed by atoms with Gasteiger partial charge in [-0.25, -0.2) is 4.39 Å². The van der Waals surface area contributed by atoms with E-state index in [0.717, 1.165) is 6.54 Å². The van der Waals surface area contributed by atoms with Crippen LogP contribution in [0.1, 0.15) is 11.5 Å². The molecular weight excluding hydrogens is 221 g/mol. The van der Waals surface area contributed by atoms with Crippen LogP contribution in [-0.4, -0.2) is 23.7 Å². The topological polar surface area (TPSA) is 51.0 Å². The monoisotopic (exact) mass is 235 g/mol. The van der Waals surface area contributed by atoms with Crippen LogP contribution in [0, 0.1) is 12.7 Å². The van der Waals surface area contributed by atoms with Crippen molar-refractivity contribution in [3.63, 3.8) is 0 Å². The molecule has 0 aliphatic rings. The lowest BCUT2D eigenvalue weighted by Gasteiger charge is -1.97. The Morgan fingerprint density at radius 1 is 1.41 bits per heavy atom. The van der Waals surface area contributed by atoms with Gasteiger partial charge in [-0.05, 0) is 25.6 Å². The molecule has 5 heteroatoms. The minimum atomic E-state index is -0.260. The molecule has 0 fully saturated rings. The van der Waals surface area contributed by atoms with Crippen LogP contribution in [0.2, 0.25) is 0 Å². The summed E-state index contributed by atoms with van der Waals surface area (Å²) in [7, 11) is 1.85. The van der Waals surface area contributed by atoms with Crippen LogP contribution in [-0.2, 0) is 6.42 Å². The SMILES string of the molecule is CNCCc1nc(-c2ccc(C)c(F)c2)no1. The lowest BCUT2D eigenvalue weighted by molar-refractivity contribution is 0.377. The molecule has 90 valence electrons. The zero-order chi connectivity index (χ0) is 12.3. The van der Waals surface area contributed by atoms with Gasteiger partial charge in [-0.3, -0.25) is 0 Å². The molecule has 0 saturated carbocycles. The van der Waals surface area contributed by atoms with Gasteiger partial charge in [-0.15, -0.1) is 0 Å². The predicted molar refractivity (Wildman–Crippen MR) is 62.1 cm³/mol. The molecule has 0 atom stereocenters. The first kappa shape index (κ1) is 11.7. The Hall–Kier alpha value is -1.75. The van der Waals surface area contributed by atoms with E-state index >= 15 is 0 Å². The lowest BCUT2D eigenvalue weighted by Crippen LogP contribution is -2.10. The summed E-state index contributed by atoms with van der Waals surface area (Å²) in [6, 6.07) is 4.90. The van der Waals surface area contributed by atoms with E-state index in [9.17, 15) is 4.39 Å². The minimum Gasteiger partial charge on any atom is -0.339 e. The Bertz CT molecular complexity index is 510. The van der Waals surface area contributed by atoms with Crippen molar-refractivity contribution in [2.75, 3.05) is 13.6 Å². The van der Waals surface area contributed by atoms with Crippen LogP contribution in [0.15, 0.2) is 22.7 Å². The molecule has 0 aliphatic carbocycles.